The zero-order valence-electron chi connectivity index (χ0n) is 17.0. The number of aromatic amines is 2. The summed E-state index contributed by atoms with van der Waals surface area (Å²) in [7, 11) is -3.41. The minimum atomic E-state index is -3.41. The van der Waals surface area contributed by atoms with Gasteiger partial charge in [-0.05, 0) is 42.8 Å². The van der Waals surface area contributed by atoms with Gasteiger partial charge in [-0.1, -0.05) is 18.2 Å². The van der Waals surface area contributed by atoms with Crippen LogP contribution in [0.5, 0.6) is 0 Å². The fraction of sp³-hybridized carbons (Fsp3) is 0.0909. The average Bonchev–Trinajstić information content (AvgIpc) is 3.22. The summed E-state index contributed by atoms with van der Waals surface area (Å²) in [5.74, 6) is 0.332. The van der Waals surface area contributed by atoms with Crippen LogP contribution in [-0.2, 0) is 10.0 Å². The molecular formula is C22H18N6O3S. The lowest BCUT2D eigenvalue weighted by atomic mass is 10.0. The van der Waals surface area contributed by atoms with Crippen LogP contribution in [-0.4, -0.2) is 39.3 Å². The van der Waals surface area contributed by atoms with Crippen LogP contribution in [0, 0.1) is 0 Å². The largest absolute Gasteiger partial charge is 0.338 e. The number of H-pyrrole nitrogens is 2. The molecule has 0 fully saturated rings. The van der Waals surface area contributed by atoms with Gasteiger partial charge in [-0.15, -0.1) is 0 Å². The van der Waals surface area contributed by atoms with Crippen molar-refractivity contribution in [1.29, 1.82) is 0 Å². The van der Waals surface area contributed by atoms with E-state index in [1.54, 1.807) is 31.3 Å². The molecule has 2 aromatic carbocycles. The monoisotopic (exact) mass is 446 g/mol. The Hall–Kier alpha value is -4.05. The second-order valence-corrected chi connectivity index (χ2v) is 9.25. The Morgan fingerprint density at radius 2 is 1.81 bits per heavy atom. The fourth-order valence-corrected chi connectivity index (χ4v) is 4.10. The molecule has 0 bridgehead atoms. The van der Waals surface area contributed by atoms with Crippen molar-refractivity contribution < 1.29 is 8.42 Å². The van der Waals surface area contributed by atoms with Gasteiger partial charge in [0.15, 0.2) is 5.82 Å². The molecule has 3 heterocycles. The number of nitrogens with zero attached hydrogens (tertiary/aromatic N) is 3. The predicted molar refractivity (Wildman–Crippen MR) is 124 cm³/mol. The van der Waals surface area contributed by atoms with E-state index in [1.165, 1.54) is 6.20 Å². The molecule has 0 radical (unpaired) electrons. The number of nitrogens with one attached hydrogen (secondary N) is 3. The number of fused-ring (bicyclic) bond motifs is 2. The van der Waals surface area contributed by atoms with E-state index in [2.05, 4.69) is 29.9 Å². The Labute approximate surface area is 182 Å². The summed E-state index contributed by atoms with van der Waals surface area (Å²) in [6.45, 7) is 1.57. The summed E-state index contributed by atoms with van der Waals surface area (Å²) in [4.78, 5) is 24.0. The van der Waals surface area contributed by atoms with Crippen molar-refractivity contribution in [2.45, 2.75) is 6.92 Å². The van der Waals surface area contributed by atoms with E-state index in [1.807, 2.05) is 30.3 Å². The molecule has 0 amide bonds. The number of anilines is 1. The molecular weight excluding hydrogens is 428 g/mol. The van der Waals surface area contributed by atoms with Crippen molar-refractivity contribution >= 4 is 37.5 Å². The number of hydrogen-bond donors (Lipinski definition) is 3. The van der Waals surface area contributed by atoms with Crippen LogP contribution >= 0.6 is 0 Å². The highest BCUT2D eigenvalue weighted by atomic mass is 32.2. The third kappa shape index (κ3) is 3.60. The minimum Gasteiger partial charge on any atom is -0.338 e. The van der Waals surface area contributed by atoms with Crippen molar-refractivity contribution in [3.8, 4) is 22.6 Å². The lowest BCUT2D eigenvalue weighted by molar-refractivity contribution is 0.602. The van der Waals surface area contributed by atoms with Gasteiger partial charge < -0.3 is 4.98 Å². The van der Waals surface area contributed by atoms with Gasteiger partial charge in [-0.25, -0.2) is 8.42 Å². The maximum Gasteiger partial charge on any atom is 0.281 e. The first-order chi connectivity index (χ1) is 15.4. The first-order valence-electron chi connectivity index (χ1n) is 9.87. The number of aromatic nitrogens is 5. The topological polar surface area (TPSA) is 133 Å². The first kappa shape index (κ1) is 19.9. The Kier molecular flexibility index (Phi) is 4.71. The first-order valence-corrected chi connectivity index (χ1v) is 11.5. The van der Waals surface area contributed by atoms with Crippen molar-refractivity contribution in [3.63, 3.8) is 0 Å². The molecule has 0 atom stereocenters. The van der Waals surface area contributed by atoms with Crippen molar-refractivity contribution in [2.75, 3.05) is 10.5 Å². The fourth-order valence-electron chi connectivity index (χ4n) is 3.49. The SMILES string of the molecule is CCS(=O)(=O)Nc1cncc(-c2ccc3[nH]nc(-c4nc(=O)c5ccccc5[nH]4)c3c2)c1. The van der Waals surface area contributed by atoms with Gasteiger partial charge in [-0.2, -0.15) is 10.1 Å². The molecule has 32 heavy (non-hydrogen) atoms. The Morgan fingerprint density at radius 3 is 2.66 bits per heavy atom. The number of pyridine rings is 1. The quantitative estimate of drug-likeness (QED) is 0.379. The van der Waals surface area contributed by atoms with E-state index in [0.29, 0.717) is 28.1 Å². The van der Waals surface area contributed by atoms with Gasteiger partial charge in [-0.3, -0.25) is 19.6 Å². The number of rotatable bonds is 5. The van der Waals surface area contributed by atoms with E-state index in [0.717, 1.165) is 22.0 Å². The standard InChI is InChI=1S/C22H18N6O3S/c1-2-32(30,31)28-15-9-14(11-23-12-15)13-7-8-19-17(10-13)20(27-26-19)21-24-18-6-4-3-5-16(18)22(29)25-21/h3-12,28H,2H2,1H3,(H,26,27)(H,24,25,29). The average molecular weight is 446 g/mol. The molecule has 160 valence electrons. The lowest BCUT2D eigenvalue weighted by Gasteiger charge is -2.08. The van der Waals surface area contributed by atoms with Gasteiger partial charge in [0.2, 0.25) is 10.0 Å². The van der Waals surface area contributed by atoms with E-state index < -0.39 is 10.0 Å². The molecule has 5 aromatic rings. The molecule has 10 heteroatoms. The highest BCUT2D eigenvalue weighted by Crippen LogP contribution is 2.30. The lowest BCUT2D eigenvalue weighted by Crippen LogP contribution is -2.14. The van der Waals surface area contributed by atoms with Crippen LogP contribution in [0.2, 0.25) is 0 Å². The highest BCUT2D eigenvalue weighted by Gasteiger charge is 2.14. The third-order valence-corrected chi connectivity index (χ3v) is 6.44. The molecule has 0 unspecified atom stereocenters. The Bertz CT molecular complexity index is 1640. The number of hydrogen-bond acceptors (Lipinski definition) is 6. The molecule has 0 aliphatic heterocycles. The Balaban J connectivity index is 1.61. The molecule has 0 aliphatic carbocycles. The van der Waals surface area contributed by atoms with Crippen LogP contribution in [0.4, 0.5) is 5.69 Å². The van der Waals surface area contributed by atoms with Crippen molar-refractivity contribution in [1.82, 2.24) is 25.1 Å². The molecule has 0 saturated carbocycles. The molecule has 3 aromatic heterocycles. The minimum absolute atomic E-state index is 0.0292. The van der Waals surface area contributed by atoms with E-state index in [-0.39, 0.29) is 11.3 Å². The van der Waals surface area contributed by atoms with Gasteiger partial charge in [0, 0.05) is 17.1 Å². The second-order valence-electron chi connectivity index (χ2n) is 7.24. The summed E-state index contributed by atoms with van der Waals surface area (Å²) in [6, 6.07) is 14.5. The van der Waals surface area contributed by atoms with Crippen LogP contribution < -0.4 is 10.3 Å². The molecule has 0 saturated heterocycles. The van der Waals surface area contributed by atoms with Crippen LogP contribution in [0.25, 0.3) is 44.5 Å². The smallest absolute Gasteiger partial charge is 0.281 e. The van der Waals surface area contributed by atoms with Gasteiger partial charge in [0.25, 0.3) is 5.56 Å². The molecule has 9 nitrogen and oxygen atoms in total. The zero-order valence-corrected chi connectivity index (χ0v) is 17.8. The highest BCUT2D eigenvalue weighted by molar-refractivity contribution is 7.92. The zero-order chi connectivity index (χ0) is 22.3. The maximum absolute atomic E-state index is 12.5. The Morgan fingerprint density at radius 1 is 0.969 bits per heavy atom. The molecule has 0 aliphatic rings. The van der Waals surface area contributed by atoms with Gasteiger partial charge in [0.05, 0.1) is 34.1 Å². The van der Waals surface area contributed by atoms with Crippen LogP contribution in [0.3, 0.4) is 0 Å². The third-order valence-electron chi connectivity index (χ3n) is 5.14. The molecule has 3 N–H and O–H groups in total. The number of sulfonamides is 1. The second kappa shape index (κ2) is 7.57. The van der Waals surface area contributed by atoms with E-state index in [4.69, 9.17) is 0 Å². The van der Waals surface area contributed by atoms with Crippen molar-refractivity contribution in [3.05, 3.63) is 71.3 Å². The van der Waals surface area contributed by atoms with Gasteiger partial charge >= 0.3 is 0 Å². The summed E-state index contributed by atoms with van der Waals surface area (Å²) in [5, 5.41) is 8.60. The summed E-state index contributed by atoms with van der Waals surface area (Å²) in [5.41, 5.74) is 3.56. The summed E-state index contributed by atoms with van der Waals surface area (Å²) >= 11 is 0. The molecule has 5 rings (SSSR count). The van der Waals surface area contributed by atoms with Crippen molar-refractivity contribution in [2.24, 2.45) is 0 Å². The normalized spacial score (nSPS) is 11.8. The number of benzene rings is 2. The predicted octanol–water partition coefficient (Wildman–Crippen LogP) is 3.29. The molecule has 0 spiro atoms. The van der Waals surface area contributed by atoms with E-state index >= 15 is 0 Å². The van der Waals surface area contributed by atoms with Crippen LogP contribution in [0.1, 0.15) is 6.92 Å². The number of para-hydroxylation sites is 1. The summed E-state index contributed by atoms with van der Waals surface area (Å²) < 4.78 is 26.3. The maximum atomic E-state index is 12.5. The van der Waals surface area contributed by atoms with Gasteiger partial charge in [0.1, 0.15) is 5.69 Å². The van der Waals surface area contributed by atoms with Crippen LogP contribution in [0.15, 0.2) is 65.7 Å². The summed E-state index contributed by atoms with van der Waals surface area (Å²) in [6.07, 6.45) is 3.11. The van der Waals surface area contributed by atoms with E-state index in [9.17, 15) is 13.2 Å².